The monoisotopic (exact) mass is 300 g/mol. The molecule has 0 fully saturated rings. The lowest BCUT2D eigenvalue weighted by atomic mass is 10.1. The Bertz CT molecular complexity index is 480. The molecule has 1 rings (SSSR count). The van der Waals surface area contributed by atoms with E-state index in [0.29, 0.717) is 12.6 Å². The van der Waals surface area contributed by atoms with E-state index < -0.39 is 9.84 Å². The average molecular weight is 300 g/mol. The molecule has 20 heavy (non-hydrogen) atoms. The Labute approximate surface area is 123 Å². The topological polar surface area (TPSA) is 51.1 Å². The number of aromatic nitrogens is 1. The summed E-state index contributed by atoms with van der Waals surface area (Å²) >= 11 is 0. The number of nitrogens with zero attached hydrogens (tertiary/aromatic N) is 1. The Morgan fingerprint density at radius 3 is 2.60 bits per heavy atom. The van der Waals surface area contributed by atoms with E-state index in [1.165, 1.54) is 5.56 Å². The second kappa shape index (κ2) is 8.47. The summed E-state index contributed by atoms with van der Waals surface area (Å²) in [6.45, 7) is 7.60. The number of hydrogen-bond donors (Lipinski definition) is 1. The van der Waals surface area contributed by atoms with Crippen molar-refractivity contribution in [1.29, 1.82) is 0 Å². The van der Waals surface area contributed by atoms with Crippen LogP contribution < -0.4 is 5.32 Å². The Kier molecular flexibility index (Phi) is 7.30. The molecule has 0 saturated carbocycles. The largest absolute Gasteiger partial charge is 0.353 e. The molecule has 4 nitrogen and oxygen atoms in total. The lowest BCUT2D eigenvalue weighted by Crippen LogP contribution is -2.21. The van der Waals surface area contributed by atoms with Crippen molar-refractivity contribution in [2.45, 2.75) is 52.6 Å². The Balaban J connectivity index is 2.64. The number of aryl methyl sites for hydroxylation is 1. The second-order valence-electron chi connectivity index (χ2n) is 5.21. The van der Waals surface area contributed by atoms with Gasteiger partial charge in [-0.25, -0.2) is 8.42 Å². The number of nitrogens with one attached hydrogen (secondary N) is 1. The highest BCUT2D eigenvalue weighted by Crippen LogP contribution is 2.19. The van der Waals surface area contributed by atoms with Gasteiger partial charge in [-0.3, -0.25) is 0 Å². The summed E-state index contributed by atoms with van der Waals surface area (Å²) in [5.41, 5.74) is 1.26. The summed E-state index contributed by atoms with van der Waals surface area (Å²) in [6, 6.07) is 2.48. The number of hydrogen-bond acceptors (Lipinski definition) is 3. The fraction of sp³-hybridized carbons (Fsp3) is 0.733. The van der Waals surface area contributed by atoms with Gasteiger partial charge in [0.25, 0.3) is 0 Å². The first-order chi connectivity index (χ1) is 9.52. The molecular formula is C15H28N2O2S. The summed E-state index contributed by atoms with van der Waals surface area (Å²) in [5.74, 6) is 0.441. The molecule has 0 aliphatic heterocycles. The van der Waals surface area contributed by atoms with Gasteiger partial charge >= 0.3 is 0 Å². The molecule has 116 valence electrons. The molecule has 1 N–H and O–H groups in total. The molecule has 0 aliphatic rings. The first-order valence-corrected chi connectivity index (χ1v) is 9.44. The van der Waals surface area contributed by atoms with Crippen molar-refractivity contribution in [2.24, 2.45) is 0 Å². The van der Waals surface area contributed by atoms with E-state index in [2.05, 4.69) is 31.4 Å². The molecule has 5 heteroatoms. The Morgan fingerprint density at radius 2 is 2.00 bits per heavy atom. The van der Waals surface area contributed by atoms with Gasteiger partial charge in [-0.15, -0.1) is 0 Å². The van der Waals surface area contributed by atoms with Crippen LogP contribution in [-0.4, -0.2) is 31.0 Å². The molecule has 0 saturated heterocycles. The van der Waals surface area contributed by atoms with Crippen LogP contribution in [0, 0.1) is 0 Å². The highest BCUT2D eigenvalue weighted by molar-refractivity contribution is 7.91. The molecular weight excluding hydrogens is 272 g/mol. The SMILES string of the molecule is CCCNC(CCC)c1ccn(CCS(=O)(=O)CC)c1. The molecule has 0 aliphatic carbocycles. The van der Waals surface area contributed by atoms with E-state index >= 15 is 0 Å². The minimum absolute atomic E-state index is 0.220. The highest BCUT2D eigenvalue weighted by Gasteiger charge is 2.12. The van der Waals surface area contributed by atoms with Crippen LogP contribution in [0.3, 0.4) is 0 Å². The molecule has 0 aromatic carbocycles. The van der Waals surface area contributed by atoms with Crippen molar-refractivity contribution in [3.63, 3.8) is 0 Å². The fourth-order valence-corrected chi connectivity index (χ4v) is 2.96. The molecule has 0 bridgehead atoms. The first-order valence-electron chi connectivity index (χ1n) is 7.61. The maximum Gasteiger partial charge on any atom is 0.151 e. The van der Waals surface area contributed by atoms with Gasteiger partial charge < -0.3 is 9.88 Å². The minimum atomic E-state index is -2.89. The standard InChI is InChI=1S/C15H28N2O2S/c1-4-7-15(16-9-5-2)14-8-10-17(13-14)11-12-20(18,19)6-3/h8,10,13,15-16H,4-7,9,11-12H2,1-3H3. The van der Waals surface area contributed by atoms with Crippen LogP contribution in [-0.2, 0) is 16.4 Å². The minimum Gasteiger partial charge on any atom is -0.353 e. The van der Waals surface area contributed by atoms with Crippen molar-refractivity contribution in [2.75, 3.05) is 18.1 Å². The van der Waals surface area contributed by atoms with Crippen molar-refractivity contribution < 1.29 is 8.42 Å². The second-order valence-corrected chi connectivity index (χ2v) is 7.69. The van der Waals surface area contributed by atoms with Gasteiger partial charge in [0.1, 0.15) is 0 Å². The third-order valence-corrected chi connectivity index (χ3v) is 5.18. The van der Waals surface area contributed by atoms with Gasteiger partial charge in [0.05, 0.1) is 5.75 Å². The van der Waals surface area contributed by atoms with Gasteiger partial charge in [-0.2, -0.15) is 0 Å². The molecule has 1 aromatic heterocycles. The predicted octanol–water partition coefficient (Wildman–Crippen LogP) is 2.76. The zero-order valence-electron chi connectivity index (χ0n) is 12.9. The lowest BCUT2D eigenvalue weighted by Gasteiger charge is -2.16. The van der Waals surface area contributed by atoms with Gasteiger partial charge in [0.2, 0.25) is 0 Å². The van der Waals surface area contributed by atoms with Crippen molar-refractivity contribution >= 4 is 9.84 Å². The van der Waals surface area contributed by atoms with Crippen LogP contribution in [0.15, 0.2) is 18.5 Å². The van der Waals surface area contributed by atoms with Crippen molar-refractivity contribution in [3.05, 3.63) is 24.0 Å². The fourth-order valence-electron chi connectivity index (χ4n) is 2.19. The van der Waals surface area contributed by atoms with Crippen LogP contribution >= 0.6 is 0 Å². The summed E-state index contributed by atoms with van der Waals surface area (Å²) in [6.07, 6.45) is 7.43. The van der Waals surface area contributed by atoms with E-state index in [1.807, 2.05) is 10.8 Å². The highest BCUT2D eigenvalue weighted by atomic mass is 32.2. The molecule has 1 aromatic rings. The molecule has 0 spiro atoms. The zero-order chi connectivity index (χ0) is 15.0. The molecule has 0 amide bonds. The molecule has 1 unspecified atom stereocenters. The third kappa shape index (κ3) is 5.67. The summed E-state index contributed by atoms with van der Waals surface area (Å²) in [5, 5.41) is 3.55. The summed E-state index contributed by atoms with van der Waals surface area (Å²) in [7, 11) is -2.89. The first kappa shape index (κ1) is 17.2. The van der Waals surface area contributed by atoms with Gasteiger partial charge in [-0.05, 0) is 31.0 Å². The van der Waals surface area contributed by atoms with Crippen LogP contribution in [0.25, 0.3) is 0 Å². The smallest absolute Gasteiger partial charge is 0.151 e. The van der Waals surface area contributed by atoms with Gasteiger partial charge in [0, 0.05) is 30.7 Å². The quantitative estimate of drug-likeness (QED) is 0.723. The zero-order valence-corrected chi connectivity index (χ0v) is 13.7. The maximum absolute atomic E-state index is 11.5. The lowest BCUT2D eigenvalue weighted by molar-refractivity contribution is 0.493. The molecule has 0 radical (unpaired) electrons. The van der Waals surface area contributed by atoms with Crippen molar-refractivity contribution in [1.82, 2.24) is 9.88 Å². The van der Waals surface area contributed by atoms with Gasteiger partial charge in [0.15, 0.2) is 9.84 Å². The Hall–Kier alpha value is -0.810. The van der Waals surface area contributed by atoms with Crippen molar-refractivity contribution in [3.8, 4) is 0 Å². The summed E-state index contributed by atoms with van der Waals surface area (Å²) < 4.78 is 25.0. The van der Waals surface area contributed by atoms with Crippen LogP contribution in [0.2, 0.25) is 0 Å². The third-order valence-electron chi connectivity index (χ3n) is 3.49. The van der Waals surface area contributed by atoms with E-state index in [0.717, 1.165) is 25.8 Å². The molecule has 1 heterocycles. The van der Waals surface area contributed by atoms with E-state index in [1.54, 1.807) is 6.92 Å². The predicted molar refractivity (Wildman–Crippen MR) is 84.7 cm³/mol. The van der Waals surface area contributed by atoms with Crippen LogP contribution in [0.5, 0.6) is 0 Å². The van der Waals surface area contributed by atoms with Crippen LogP contribution in [0.1, 0.15) is 51.6 Å². The summed E-state index contributed by atoms with van der Waals surface area (Å²) in [4.78, 5) is 0. The van der Waals surface area contributed by atoms with E-state index in [-0.39, 0.29) is 11.5 Å². The number of sulfone groups is 1. The average Bonchev–Trinajstić information content (AvgIpc) is 2.90. The number of rotatable bonds is 10. The van der Waals surface area contributed by atoms with E-state index in [9.17, 15) is 8.42 Å². The normalized spacial score (nSPS) is 13.6. The maximum atomic E-state index is 11.5. The molecule has 1 atom stereocenters. The van der Waals surface area contributed by atoms with E-state index in [4.69, 9.17) is 0 Å². The van der Waals surface area contributed by atoms with Crippen LogP contribution in [0.4, 0.5) is 0 Å². The van der Waals surface area contributed by atoms with Gasteiger partial charge in [-0.1, -0.05) is 27.2 Å². The Morgan fingerprint density at radius 1 is 1.25 bits per heavy atom.